The molecule has 0 aliphatic heterocycles. The Bertz CT molecular complexity index is 496. The van der Waals surface area contributed by atoms with E-state index in [9.17, 15) is 5.11 Å². The molecule has 3 aliphatic carbocycles. The minimum atomic E-state index is 0. The molecule has 0 aromatic heterocycles. The summed E-state index contributed by atoms with van der Waals surface area (Å²) in [5.41, 5.74) is 3.40. The van der Waals surface area contributed by atoms with E-state index in [4.69, 9.17) is 0 Å². The van der Waals surface area contributed by atoms with Crippen molar-refractivity contribution >= 4 is 0 Å². The van der Waals surface area contributed by atoms with Gasteiger partial charge in [-0.05, 0) is 50.4 Å². The van der Waals surface area contributed by atoms with Crippen LogP contribution in [-0.2, 0) is 26.2 Å². The average Bonchev–Trinajstić information content (AvgIpc) is 3.15. The molecule has 1 nitrogen and oxygen atoms in total. The zero-order valence-corrected chi connectivity index (χ0v) is 17.7. The molecule has 3 aliphatic rings. The second kappa shape index (κ2) is 10.4. The van der Waals surface area contributed by atoms with E-state index >= 15 is 0 Å². The maximum atomic E-state index is 9.67. The van der Waals surface area contributed by atoms with E-state index in [0.717, 1.165) is 25.2 Å². The van der Waals surface area contributed by atoms with Crippen molar-refractivity contribution in [2.75, 3.05) is 6.61 Å². The first-order chi connectivity index (χ1) is 9.81. The topological polar surface area (TPSA) is 20.2 Å². The van der Waals surface area contributed by atoms with Crippen LogP contribution in [0.2, 0.25) is 0 Å². The number of hydrogen-bond acceptors (Lipinski definition) is 1. The van der Waals surface area contributed by atoms with Gasteiger partial charge in [-0.2, -0.15) is 0 Å². The molecule has 4 heteroatoms. The van der Waals surface area contributed by atoms with Gasteiger partial charge in [0.25, 0.3) is 0 Å². The molecule has 3 atom stereocenters. The summed E-state index contributed by atoms with van der Waals surface area (Å²) in [6.45, 7) is 2.61. The predicted molar refractivity (Wildman–Crippen MR) is 84.3 cm³/mol. The van der Waals surface area contributed by atoms with Crippen LogP contribution in [0.4, 0.5) is 0 Å². The first kappa shape index (κ1) is 23.4. The van der Waals surface area contributed by atoms with Crippen LogP contribution in [0.15, 0.2) is 47.6 Å². The molecule has 0 heterocycles. The van der Waals surface area contributed by atoms with Crippen molar-refractivity contribution < 1.29 is 56.1 Å². The molecule has 23 heavy (non-hydrogen) atoms. The van der Waals surface area contributed by atoms with Gasteiger partial charge in [0, 0.05) is 12.0 Å². The Morgan fingerprint density at radius 2 is 1.87 bits per heavy atom. The zero-order chi connectivity index (χ0) is 14.0. The van der Waals surface area contributed by atoms with Crippen molar-refractivity contribution in [2.45, 2.75) is 45.4 Å². The fraction of sp³-hybridized carbons (Fsp3) is 0.579. The van der Waals surface area contributed by atoms with Crippen LogP contribution in [0.3, 0.4) is 0 Å². The second-order valence-electron chi connectivity index (χ2n) is 6.46. The number of fused-ring (bicyclic) bond motifs is 1. The quantitative estimate of drug-likeness (QED) is 0.565. The normalized spacial score (nSPS) is 26.9. The zero-order valence-electron chi connectivity index (χ0n) is 13.8. The standard InChI is InChI=1S/C19H26O.2ClH.Zr/c1-2-19(13-14-20,16-8-4-5-9-16)18-12-11-15-7-3-6-10-17(15)18;;;/h3-6,8,10,15,18,20H,2,7,9,11-14H2,1H3;2*1H;/q;;;+2/p-2. The smallest absolute Gasteiger partial charge is 1.00 e. The summed E-state index contributed by atoms with van der Waals surface area (Å²) in [6, 6.07) is 0. The van der Waals surface area contributed by atoms with Gasteiger partial charge in [-0.1, -0.05) is 54.5 Å². The monoisotopic (exact) mass is 430 g/mol. The van der Waals surface area contributed by atoms with Gasteiger partial charge < -0.3 is 29.9 Å². The van der Waals surface area contributed by atoms with Gasteiger partial charge in [-0.15, -0.1) is 0 Å². The molecule has 0 spiro atoms. The van der Waals surface area contributed by atoms with Crippen LogP contribution in [-0.4, -0.2) is 11.7 Å². The minimum absolute atomic E-state index is 0. The van der Waals surface area contributed by atoms with Crippen LogP contribution in [0, 0.1) is 17.3 Å². The molecule has 1 N–H and O–H groups in total. The molecule has 126 valence electrons. The molecular weight excluding hydrogens is 406 g/mol. The average molecular weight is 433 g/mol. The van der Waals surface area contributed by atoms with Gasteiger partial charge in [0.15, 0.2) is 0 Å². The fourth-order valence-electron chi connectivity index (χ4n) is 4.73. The Balaban J connectivity index is 0.00000161. The maximum Gasteiger partial charge on any atom is 2.00 e. The van der Waals surface area contributed by atoms with E-state index < -0.39 is 0 Å². The fourth-order valence-corrected chi connectivity index (χ4v) is 4.73. The molecule has 3 unspecified atom stereocenters. The number of halogens is 2. The summed E-state index contributed by atoms with van der Waals surface area (Å²) >= 11 is 0. The van der Waals surface area contributed by atoms with E-state index in [1.807, 2.05) is 0 Å². The molecule has 3 rings (SSSR count). The Labute approximate surface area is 172 Å². The Morgan fingerprint density at radius 3 is 2.48 bits per heavy atom. The van der Waals surface area contributed by atoms with Crippen molar-refractivity contribution in [1.29, 1.82) is 0 Å². The van der Waals surface area contributed by atoms with Gasteiger partial charge in [0.1, 0.15) is 0 Å². The van der Waals surface area contributed by atoms with Gasteiger partial charge in [0.05, 0.1) is 0 Å². The van der Waals surface area contributed by atoms with E-state index in [0.29, 0.717) is 12.5 Å². The summed E-state index contributed by atoms with van der Waals surface area (Å²) in [6.07, 6.45) is 20.7. The summed E-state index contributed by atoms with van der Waals surface area (Å²) in [7, 11) is 0. The second-order valence-corrected chi connectivity index (χ2v) is 6.46. The Kier molecular flexibility index (Phi) is 10.6. The van der Waals surface area contributed by atoms with Crippen molar-refractivity contribution in [3.05, 3.63) is 47.6 Å². The van der Waals surface area contributed by atoms with E-state index in [2.05, 4.69) is 43.4 Å². The molecule has 0 aromatic carbocycles. The molecule has 1 saturated carbocycles. The molecule has 0 aromatic rings. The van der Waals surface area contributed by atoms with Crippen LogP contribution < -0.4 is 24.8 Å². The van der Waals surface area contributed by atoms with E-state index in [1.165, 1.54) is 19.3 Å². The van der Waals surface area contributed by atoms with Gasteiger partial charge in [-0.3, -0.25) is 0 Å². The van der Waals surface area contributed by atoms with Crippen LogP contribution in [0.1, 0.15) is 45.4 Å². The van der Waals surface area contributed by atoms with Crippen LogP contribution >= 0.6 is 0 Å². The molecule has 0 saturated heterocycles. The molecule has 0 radical (unpaired) electrons. The largest absolute Gasteiger partial charge is 2.00 e. The maximum absolute atomic E-state index is 9.67. The van der Waals surface area contributed by atoms with E-state index in [1.54, 1.807) is 11.1 Å². The molecule has 0 amide bonds. The van der Waals surface area contributed by atoms with Crippen molar-refractivity contribution in [2.24, 2.45) is 17.3 Å². The third-order valence-electron chi connectivity index (χ3n) is 5.79. The number of aliphatic hydroxyl groups is 1. The van der Waals surface area contributed by atoms with E-state index in [-0.39, 0.29) is 56.4 Å². The molecular formula is C19H26Cl2OZr. The third kappa shape index (κ3) is 4.32. The predicted octanol–water partition coefficient (Wildman–Crippen LogP) is -1.43. The number of rotatable bonds is 5. The minimum Gasteiger partial charge on any atom is -1.00 e. The third-order valence-corrected chi connectivity index (χ3v) is 5.79. The van der Waals surface area contributed by atoms with Crippen LogP contribution in [0.25, 0.3) is 0 Å². The number of aliphatic hydroxyl groups excluding tert-OH is 1. The summed E-state index contributed by atoms with van der Waals surface area (Å²) < 4.78 is 0. The van der Waals surface area contributed by atoms with Crippen molar-refractivity contribution in [1.82, 2.24) is 0 Å². The Morgan fingerprint density at radius 1 is 1.13 bits per heavy atom. The SMILES string of the molecule is CCC(CCO)(C1=CC=CC1)C1CCC2CC=CC=C21.[Cl-].[Cl-].[Zr+2]. The Hall–Kier alpha value is 0.383. The van der Waals surface area contributed by atoms with Crippen molar-refractivity contribution in [3.8, 4) is 0 Å². The molecule has 1 fully saturated rings. The van der Waals surface area contributed by atoms with Crippen LogP contribution in [0.5, 0.6) is 0 Å². The van der Waals surface area contributed by atoms with Gasteiger partial charge >= 0.3 is 26.2 Å². The summed E-state index contributed by atoms with van der Waals surface area (Å²) in [5, 5.41) is 9.67. The first-order valence-electron chi connectivity index (χ1n) is 8.15. The number of hydrogen-bond donors (Lipinski definition) is 1. The first-order valence-corrected chi connectivity index (χ1v) is 8.15. The molecule has 0 bridgehead atoms. The van der Waals surface area contributed by atoms with Crippen molar-refractivity contribution in [3.63, 3.8) is 0 Å². The number of allylic oxidation sites excluding steroid dienone is 8. The summed E-state index contributed by atoms with van der Waals surface area (Å²) in [4.78, 5) is 0. The van der Waals surface area contributed by atoms with Gasteiger partial charge in [-0.25, -0.2) is 0 Å². The van der Waals surface area contributed by atoms with Gasteiger partial charge in [0.2, 0.25) is 0 Å². The summed E-state index contributed by atoms with van der Waals surface area (Å²) in [5.74, 6) is 1.41.